The quantitative estimate of drug-likeness (QED) is 0.887. The molecule has 1 aliphatic rings. The molecule has 0 aromatic carbocycles. The number of aromatic nitrogens is 2. The number of fused-ring (bicyclic) bond motifs is 1. The van der Waals surface area contributed by atoms with Crippen LogP contribution in [0.1, 0.15) is 11.3 Å². The Kier molecular flexibility index (Phi) is 3.98. The van der Waals surface area contributed by atoms with Crippen LogP contribution >= 0.6 is 0 Å². The number of aryl methyl sites for hydroxylation is 2. The molecule has 1 aliphatic heterocycles. The Morgan fingerprint density at radius 1 is 1.29 bits per heavy atom. The van der Waals surface area contributed by atoms with Crippen LogP contribution in [0.5, 0.6) is 0 Å². The number of hydrogen-bond acceptors (Lipinski definition) is 5. The number of nitrogens with two attached hydrogens (primary N) is 1. The first-order valence-corrected chi connectivity index (χ1v) is 7.45. The van der Waals surface area contributed by atoms with E-state index in [0.717, 1.165) is 62.1 Å². The van der Waals surface area contributed by atoms with Crippen LogP contribution in [-0.4, -0.2) is 53.9 Å². The summed E-state index contributed by atoms with van der Waals surface area (Å²) in [6.45, 7) is 9.62. The number of rotatable bonds is 4. The molecule has 2 aromatic rings. The molecular weight excluding hydrogens is 266 g/mol. The fraction of sp³-hybridized carbons (Fsp3) is 0.533. The summed E-state index contributed by atoms with van der Waals surface area (Å²) in [7, 11) is 0. The molecule has 114 valence electrons. The average Bonchev–Trinajstić information content (AvgIpc) is 2.82. The largest absolute Gasteiger partial charge is 0.394 e. The molecule has 0 aliphatic carbocycles. The second kappa shape index (κ2) is 5.91. The van der Waals surface area contributed by atoms with Gasteiger partial charge in [-0.25, -0.2) is 4.52 Å². The van der Waals surface area contributed by atoms with E-state index in [1.54, 1.807) is 0 Å². The maximum absolute atomic E-state index is 6.20. The molecule has 0 amide bonds. The van der Waals surface area contributed by atoms with Crippen molar-refractivity contribution >= 4 is 17.0 Å². The van der Waals surface area contributed by atoms with Gasteiger partial charge in [0.1, 0.15) is 5.69 Å². The summed E-state index contributed by atoms with van der Waals surface area (Å²) < 4.78 is 7.27. The Labute approximate surface area is 124 Å². The van der Waals surface area contributed by atoms with E-state index in [0.29, 0.717) is 0 Å². The van der Waals surface area contributed by atoms with Crippen molar-refractivity contribution in [3.63, 3.8) is 0 Å². The second-order valence-corrected chi connectivity index (χ2v) is 5.54. The first kappa shape index (κ1) is 14.2. The summed E-state index contributed by atoms with van der Waals surface area (Å²) in [4.78, 5) is 2.39. The van der Waals surface area contributed by atoms with Crippen LogP contribution in [0.4, 0.5) is 11.5 Å². The molecule has 0 spiro atoms. The standard InChI is InChI=1S/C15H23N5O/c1-11-3-4-13-14(16)15(18-20(13)12(11)2)17-5-6-19-7-9-21-10-8-19/h3-4H,5-10,16H2,1-2H3,(H,17,18). The van der Waals surface area contributed by atoms with Gasteiger partial charge in [-0.15, -0.1) is 5.10 Å². The minimum absolute atomic E-state index is 0.722. The number of morpholine rings is 1. The van der Waals surface area contributed by atoms with Gasteiger partial charge in [-0.05, 0) is 25.5 Å². The molecule has 0 radical (unpaired) electrons. The summed E-state index contributed by atoms with van der Waals surface area (Å²) in [5.41, 5.74) is 10.2. The Balaban J connectivity index is 1.69. The van der Waals surface area contributed by atoms with E-state index in [2.05, 4.69) is 35.2 Å². The van der Waals surface area contributed by atoms with Gasteiger partial charge in [-0.3, -0.25) is 4.90 Å². The van der Waals surface area contributed by atoms with Gasteiger partial charge in [0.25, 0.3) is 0 Å². The maximum atomic E-state index is 6.20. The first-order valence-electron chi connectivity index (χ1n) is 7.45. The number of anilines is 2. The van der Waals surface area contributed by atoms with E-state index in [9.17, 15) is 0 Å². The predicted molar refractivity (Wildman–Crippen MR) is 84.8 cm³/mol. The number of hydrogen-bond donors (Lipinski definition) is 2. The average molecular weight is 289 g/mol. The minimum atomic E-state index is 0.722. The highest BCUT2D eigenvalue weighted by atomic mass is 16.5. The Hall–Kier alpha value is -1.79. The number of nitrogens with one attached hydrogen (secondary N) is 1. The SMILES string of the molecule is Cc1ccc2c(N)c(NCCN3CCOCC3)nn2c1C. The van der Waals surface area contributed by atoms with E-state index in [-0.39, 0.29) is 0 Å². The predicted octanol–water partition coefficient (Wildman–Crippen LogP) is 1.28. The van der Waals surface area contributed by atoms with Gasteiger partial charge in [0.15, 0.2) is 5.82 Å². The zero-order valence-corrected chi connectivity index (χ0v) is 12.7. The molecule has 0 saturated carbocycles. The summed E-state index contributed by atoms with van der Waals surface area (Å²) in [5.74, 6) is 0.775. The second-order valence-electron chi connectivity index (χ2n) is 5.54. The lowest BCUT2D eigenvalue weighted by molar-refractivity contribution is 0.0398. The van der Waals surface area contributed by atoms with E-state index >= 15 is 0 Å². The van der Waals surface area contributed by atoms with Crippen molar-refractivity contribution in [1.29, 1.82) is 0 Å². The van der Waals surface area contributed by atoms with Crippen molar-refractivity contribution < 1.29 is 4.74 Å². The normalized spacial score (nSPS) is 16.5. The molecule has 1 fully saturated rings. The van der Waals surface area contributed by atoms with Gasteiger partial charge < -0.3 is 15.8 Å². The topological polar surface area (TPSA) is 67.8 Å². The summed E-state index contributed by atoms with van der Waals surface area (Å²) in [6, 6.07) is 4.11. The minimum Gasteiger partial charge on any atom is -0.394 e. The Bertz CT molecular complexity index is 631. The van der Waals surface area contributed by atoms with Crippen LogP contribution in [0.15, 0.2) is 12.1 Å². The fourth-order valence-corrected chi connectivity index (χ4v) is 2.64. The monoisotopic (exact) mass is 289 g/mol. The molecule has 0 bridgehead atoms. The number of pyridine rings is 1. The van der Waals surface area contributed by atoms with Gasteiger partial charge in [0, 0.05) is 31.9 Å². The molecule has 3 rings (SSSR count). The third-order valence-corrected chi connectivity index (χ3v) is 4.16. The van der Waals surface area contributed by atoms with Crippen molar-refractivity contribution in [3.8, 4) is 0 Å². The van der Waals surface area contributed by atoms with Gasteiger partial charge in [-0.1, -0.05) is 6.07 Å². The van der Waals surface area contributed by atoms with E-state index < -0.39 is 0 Å². The molecule has 0 atom stereocenters. The van der Waals surface area contributed by atoms with Crippen LogP contribution in [0.25, 0.3) is 5.52 Å². The molecule has 3 N–H and O–H groups in total. The highest BCUT2D eigenvalue weighted by Crippen LogP contribution is 2.24. The van der Waals surface area contributed by atoms with Crippen molar-refractivity contribution in [1.82, 2.24) is 14.5 Å². The highest BCUT2D eigenvalue weighted by molar-refractivity contribution is 5.81. The summed E-state index contributed by atoms with van der Waals surface area (Å²) in [6.07, 6.45) is 0. The summed E-state index contributed by atoms with van der Waals surface area (Å²) >= 11 is 0. The molecule has 0 unspecified atom stereocenters. The third kappa shape index (κ3) is 2.82. The molecule has 6 heteroatoms. The van der Waals surface area contributed by atoms with Gasteiger partial charge in [0.2, 0.25) is 0 Å². The zero-order chi connectivity index (χ0) is 14.8. The van der Waals surface area contributed by atoms with Gasteiger partial charge >= 0.3 is 0 Å². The number of ether oxygens (including phenoxy) is 1. The maximum Gasteiger partial charge on any atom is 0.172 e. The van der Waals surface area contributed by atoms with Crippen LogP contribution in [0, 0.1) is 13.8 Å². The number of nitrogen functional groups attached to an aromatic ring is 1. The summed E-state index contributed by atoms with van der Waals surface area (Å²) in [5, 5.41) is 7.95. The molecule has 2 aromatic heterocycles. The first-order chi connectivity index (χ1) is 10.2. The van der Waals surface area contributed by atoms with E-state index in [4.69, 9.17) is 10.5 Å². The van der Waals surface area contributed by atoms with Crippen molar-refractivity contribution in [3.05, 3.63) is 23.4 Å². The Morgan fingerprint density at radius 2 is 2.05 bits per heavy atom. The van der Waals surface area contributed by atoms with Crippen LogP contribution in [-0.2, 0) is 4.74 Å². The van der Waals surface area contributed by atoms with Crippen molar-refractivity contribution in [2.24, 2.45) is 0 Å². The van der Waals surface area contributed by atoms with Gasteiger partial charge in [0.05, 0.1) is 18.7 Å². The molecule has 6 nitrogen and oxygen atoms in total. The molecule has 3 heterocycles. The lowest BCUT2D eigenvalue weighted by Crippen LogP contribution is -2.39. The molecule has 21 heavy (non-hydrogen) atoms. The lowest BCUT2D eigenvalue weighted by atomic mass is 10.2. The van der Waals surface area contributed by atoms with Gasteiger partial charge in [-0.2, -0.15) is 0 Å². The van der Waals surface area contributed by atoms with E-state index in [1.807, 2.05) is 10.6 Å². The van der Waals surface area contributed by atoms with E-state index in [1.165, 1.54) is 5.56 Å². The third-order valence-electron chi connectivity index (χ3n) is 4.16. The zero-order valence-electron chi connectivity index (χ0n) is 12.7. The van der Waals surface area contributed by atoms with Crippen LogP contribution in [0.3, 0.4) is 0 Å². The number of nitrogens with zero attached hydrogens (tertiary/aromatic N) is 3. The highest BCUT2D eigenvalue weighted by Gasteiger charge is 2.13. The molecular formula is C15H23N5O. The van der Waals surface area contributed by atoms with Crippen molar-refractivity contribution in [2.45, 2.75) is 13.8 Å². The Morgan fingerprint density at radius 3 is 2.81 bits per heavy atom. The van der Waals surface area contributed by atoms with Crippen LogP contribution < -0.4 is 11.1 Å². The lowest BCUT2D eigenvalue weighted by Gasteiger charge is -2.26. The molecule has 1 saturated heterocycles. The van der Waals surface area contributed by atoms with Crippen LogP contribution in [0.2, 0.25) is 0 Å². The fourth-order valence-electron chi connectivity index (χ4n) is 2.64. The smallest absolute Gasteiger partial charge is 0.172 e. The van der Waals surface area contributed by atoms with Crippen molar-refractivity contribution in [2.75, 3.05) is 50.4 Å².